The third-order valence-electron chi connectivity index (χ3n) is 2.02. The lowest BCUT2D eigenvalue weighted by molar-refractivity contribution is 0.0778. The quantitative estimate of drug-likeness (QED) is 0.808. The van der Waals surface area contributed by atoms with Gasteiger partial charge < -0.3 is 9.88 Å². The van der Waals surface area contributed by atoms with E-state index in [2.05, 4.69) is 18.8 Å². The van der Waals surface area contributed by atoms with Crippen LogP contribution in [-0.4, -0.2) is 29.4 Å². The summed E-state index contributed by atoms with van der Waals surface area (Å²) in [6.07, 6.45) is 1.45. The number of hydrogen-bond donors (Lipinski definition) is 1. The summed E-state index contributed by atoms with van der Waals surface area (Å²) in [6.45, 7) is 4.81. The Morgan fingerprint density at radius 2 is 2.13 bits per heavy atom. The molecule has 4 heteroatoms. The molecule has 0 fully saturated rings. The van der Waals surface area contributed by atoms with Gasteiger partial charge in [-0.25, -0.2) is 0 Å². The second kappa shape index (κ2) is 4.77. The Kier molecular flexibility index (Phi) is 3.66. The van der Waals surface area contributed by atoms with Crippen molar-refractivity contribution < 1.29 is 4.79 Å². The minimum absolute atomic E-state index is 0.0695. The van der Waals surface area contributed by atoms with Crippen LogP contribution in [0.5, 0.6) is 0 Å². The van der Waals surface area contributed by atoms with Crippen molar-refractivity contribution in [3.05, 3.63) is 34.2 Å². The molecular weight excluding hydrogens is 192 g/mol. The van der Waals surface area contributed by atoms with Gasteiger partial charge in [0, 0.05) is 25.9 Å². The number of carbonyl (C=O) groups is 1. The number of nitrogens with zero attached hydrogens (tertiary/aromatic N) is 1. The summed E-state index contributed by atoms with van der Waals surface area (Å²) in [7, 11) is 1.76. The number of amides is 1. The topological polar surface area (TPSA) is 53.2 Å². The molecule has 4 nitrogen and oxygen atoms in total. The van der Waals surface area contributed by atoms with Crippen LogP contribution >= 0.6 is 0 Å². The lowest BCUT2D eigenvalue weighted by atomic mass is 10.2. The molecule has 0 atom stereocenters. The summed E-state index contributed by atoms with van der Waals surface area (Å²) in [5, 5.41) is 0. The van der Waals surface area contributed by atoms with Crippen LogP contribution in [0.1, 0.15) is 24.2 Å². The molecule has 0 radical (unpaired) electrons. The molecule has 1 aromatic heterocycles. The number of nitrogens with one attached hydrogen (secondary N) is 1. The highest BCUT2D eigenvalue weighted by Gasteiger charge is 2.12. The Hall–Kier alpha value is -1.58. The number of pyridine rings is 1. The molecule has 0 spiro atoms. The zero-order chi connectivity index (χ0) is 11.4. The van der Waals surface area contributed by atoms with Crippen LogP contribution in [0.3, 0.4) is 0 Å². The normalized spacial score (nSPS) is 10.4. The fourth-order valence-corrected chi connectivity index (χ4v) is 1.39. The second-order valence-electron chi connectivity index (χ2n) is 4.02. The summed E-state index contributed by atoms with van der Waals surface area (Å²) in [5.41, 5.74) is 0.316. The van der Waals surface area contributed by atoms with Gasteiger partial charge in [-0.05, 0) is 12.0 Å². The minimum atomic E-state index is -0.196. The van der Waals surface area contributed by atoms with Crippen LogP contribution in [0.15, 0.2) is 23.1 Å². The number of H-pyrrole nitrogens is 1. The molecule has 82 valence electrons. The lowest BCUT2D eigenvalue weighted by Crippen LogP contribution is -2.30. The smallest absolute Gasteiger partial charge is 0.255 e. The summed E-state index contributed by atoms with van der Waals surface area (Å²) < 4.78 is 0. The number of hydrogen-bond acceptors (Lipinski definition) is 2. The molecule has 0 aliphatic rings. The molecule has 0 bridgehead atoms. The van der Waals surface area contributed by atoms with Gasteiger partial charge in [0.1, 0.15) is 0 Å². The summed E-state index contributed by atoms with van der Waals surface area (Å²) in [5.74, 6) is 0.363. The predicted molar refractivity (Wildman–Crippen MR) is 58.9 cm³/mol. The number of aromatic nitrogens is 1. The van der Waals surface area contributed by atoms with Crippen LogP contribution in [-0.2, 0) is 0 Å². The number of rotatable bonds is 3. The largest absolute Gasteiger partial charge is 0.341 e. The van der Waals surface area contributed by atoms with Gasteiger partial charge in [-0.3, -0.25) is 9.59 Å². The van der Waals surface area contributed by atoms with Crippen molar-refractivity contribution in [2.75, 3.05) is 13.6 Å². The van der Waals surface area contributed by atoms with Crippen molar-refractivity contribution in [3.8, 4) is 0 Å². The first-order valence-electron chi connectivity index (χ1n) is 4.95. The Balaban J connectivity index is 2.76. The Morgan fingerprint density at radius 3 is 2.60 bits per heavy atom. The summed E-state index contributed by atoms with van der Waals surface area (Å²) in [6, 6.07) is 2.90. The third-order valence-corrected chi connectivity index (χ3v) is 2.02. The van der Waals surface area contributed by atoms with E-state index in [0.717, 1.165) is 0 Å². The van der Waals surface area contributed by atoms with E-state index < -0.39 is 0 Å². The molecule has 0 unspecified atom stereocenters. The maximum absolute atomic E-state index is 11.8. The maximum atomic E-state index is 11.8. The molecule has 0 aromatic carbocycles. The summed E-state index contributed by atoms with van der Waals surface area (Å²) >= 11 is 0. The monoisotopic (exact) mass is 208 g/mol. The molecule has 0 aliphatic heterocycles. The van der Waals surface area contributed by atoms with Gasteiger partial charge >= 0.3 is 0 Å². The van der Waals surface area contributed by atoms with Gasteiger partial charge in [-0.15, -0.1) is 0 Å². The molecule has 0 aliphatic carbocycles. The number of aromatic amines is 1. The third kappa shape index (κ3) is 3.23. The van der Waals surface area contributed by atoms with E-state index in [9.17, 15) is 9.59 Å². The molecule has 0 saturated carbocycles. The predicted octanol–water partition coefficient (Wildman–Crippen LogP) is 1.10. The first kappa shape index (κ1) is 11.5. The average molecular weight is 208 g/mol. The van der Waals surface area contributed by atoms with Gasteiger partial charge in [0.05, 0.1) is 5.56 Å². The first-order valence-corrected chi connectivity index (χ1v) is 4.95. The van der Waals surface area contributed by atoms with Crippen LogP contribution in [0.25, 0.3) is 0 Å². The van der Waals surface area contributed by atoms with Gasteiger partial charge in [0.15, 0.2) is 0 Å². The SMILES string of the molecule is CC(C)CN(C)C(=O)c1ccc(=O)[nH]c1. The van der Waals surface area contributed by atoms with Crippen molar-refractivity contribution in [3.63, 3.8) is 0 Å². The van der Waals surface area contributed by atoms with Crippen molar-refractivity contribution in [1.82, 2.24) is 9.88 Å². The van der Waals surface area contributed by atoms with Crippen LogP contribution in [0.4, 0.5) is 0 Å². The van der Waals surface area contributed by atoms with Crippen molar-refractivity contribution >= 4 is 5.91 Å². The van der Waals surface area contributed by atoms with E-state index >= 15 is 0 Å². The van der Waals surface area contributed by atoms with Gasteiger partial charge in [0.25, 0.3) is 5.91 Å². The first-order chi connectivity index (χ1) is 7.00. The van der Waals surface area contributed by atoms with E-state index in [4.69, 9.17) is 0 Å². The van der Waals surface area contributed by atoms with E-state index in [1.54, 1.807) is 11.9 Å². The van der Waals surface area contributed by atoms with E-state index in [1.807, 2.05) is 0 Å². The Morgan fingerprint density at radius 1 is 1.47 bits per heavy atom. The Labute approximate surface area is 88.9 Å². The zero-order valence-electron chi connectivity index (χ0n) is 9.28. The van der Waals surface area contributed by atoms with E-state index in [0.29, 0.717) is 18.0 Å². The molecule has 1 heterocycles. The molecule has 0 saturated heterocycles. The standard InChI is InChI=1S/C11H16N2O2/c1-8(2)7-13(3)11(15)9-4-5-10(14)12-6-9/h4-6,8H,7H2,1-3H3,(H,12,14). The molecule has 1 aromatic rings. The van der Waals surface area contributed by atoms with E-state index in [-0.39, 0.29) is 11.5 Å². The van der Waals surface area contributed by atoms with Crippen molar-refractivity contribution in [2.45, 2.75) is 13.8 Å². The second-order valence-corrected chi connectivity index (χ2v) is 4.02. The Bertz CT molecular complexity index is 375. The molecular formula is C11H16N2O2. The van der Waals surface area contributed by atoms with Crippen LogP contribution in [0, 0.1) is 5.92 Å². The minimum Gasteiger partial charge on any atom is -0.341 e. The fraction of sp³-hybridized carbons (Fsp3) is 0.455. The van der Waals surface area contributed by atoms with Gasteiger partial charge in [-0.2, -0.15) is 0 Å². The van der Waals surface area contributed by atoms with Gasteiger partial charge in [-0.1, -0.05) is 13.8 Å². The van der Waals surface area contributed by atoms with Crippen LogP contribution < -0.4 is 5.56 Å². The average Bonchev–Trinajstić information content (AvgIpc) is 2.17. The zero-order valence-corrected chi connectivity index (χ0v) is 9.28. The van der Waals surface area contributed by atoms with Gasteiger partial charge in [0.2, 0.25) is 5.56 Å². The molecule has 1 rings (SSSR count). The van der Waals surface area contributed by atoms with Crippen LogP contribution in [0.2, 0.25) is 0 Å². The summed E-state index contributed by atoms with van der Waals surface area (Å²) in [4.78, 5) is 26.7. The highest BCUT2D eigenvalue weighted by molar-refractivity contribution is 5.93. The molecule has 1 amide bonds. The van der Waals surface area contributed by atoms with Crippen molar-refractivity contribution in [1.29, 1.82) is 0 Å². The highest BCUT2D eigenvalue weighted by atomic mass is 16.2. The highest BCUT2D eigenvalue weighted by Crippen LogP contribution is 2.02. The maximum Gasteiger partial charge on any atom is 0.255 e. The molecule has 15 heavy (non-hydrogen) atoms. The fourth-order valence-electron chi connectivity index (χ4n) is 1.39. The van der Waals surface area contributed by atoms with E-state index in [1.165, 1.54) is 18.3 Å². The molecule has 1 N–H and O–H groups in total. The van der Waals surface area contributed by atoms with Crippen molar-refractivity contribution in [2.24, 2.45) is 5.92 Å². The number of carbonyl (C=O) groups excluding carboxylic acids is 1. The lowest BCUT2D eigenvalue weighted by Gasteiger charge is -2.19.